The maximum atomic E-state index is 13.1. The van der Waals surface area contributed by atoms with Crippen LogP contribution in [0.4, 0.5) is 14.9 Å². The lowest BCUT2D eigenvalue weighted by atomic mass is 10.1. The van der Waals surface area contributed by atoms with E-state index < -0.39 is 0 Å². The molecule has 3 rings (SSSR count). The number of ether oxygens (including phenoxy) is 2. The lowest BCUT2D eigenvalue weighted by Gasteiger charge is -2.36. The van der Waals surface area contributed by atoms with Gasteiger partial charge in [-0.05, 0) is 49.4 Å². The molecule has 0 aliphatic carbocycles. The molecule has 150 valence electrons. The van der Waals surface area contributed by atoms with Gasteiger partial charge in [0.1, 0.15) is 17.3 Å². The van der Waals surface area contributed by atoms with Crippen LogP contribution in [0.3, 0.4) is 0 Å². The van der Waals surface area contributed by atoms with E-state index >= 15 is 0 Å². The highest BCUT2D eigenvalue weighted by Gasteiger charge is 2.23. The van der Waals surface area contributed by atoms with Crippen LogP contribution in [0.1, 0.15) is 18.5 Å². The molecular weight excluding hydrogens is 361 g/mol. The summed E-state index contributed by atoms with van der Waals surface area (Å²) in [6, 6.07) is 11.6. The summed E-state index contributed by atoms with van der Waals surface area (Å²) in [6.07, 6.45) is 0. The number of methoxy groups -OCH3 is 2. The van der Waals surface area contributed by atoms with Gasteiger partial charge in [0.05, 0.1) is 20.3 Å². The summed E-state index contributed by atoms with van der Waals surface area (Å²) < 4.78 is 23.8. The van der Waals surface area contributed by atoms with Gasteiger partial charge >= 0.3 is 6.03 Å². The van der Waals surface area contributed by atoms with Crippen LogP contribution in [0, 0.1) is 5.82 Å². The van der Waals surface area contributed by atoms with E-state index in [-0.39, 0.29) is 17.9 Å². The number of rotatable bonds is 5. The third-order valence-corrected chi connectivity index (χ3v) is 5.00. The van der Waals surface area contributed by atoms with Crippen molar-refractivity contribution < 1.29 is 18.7 Å². The molecule has 0 aromatic heterocycles. The number of hydrogen-bond donors (Lipinski definition) is 1. The van der Waals surface area contributed by atoms with Gasteiger partial charge in [0.25, 0.3) is 0 Å². The van der Waals surface area contributed by atoms with Crippen molar-refractivity contribution in [1.29, 1.82) is 0 Å². The highest BCUT2D eigenvalue weighted by molar-refractivity contribution is 5.75. The van der Waals surface area contributed by atoms with Crippen molar-refractivity contribution in [2.45, 2.75) is 13.0 Å². The molecule has 0 spiro atoms. The summed E-state index contributed by atoms with van der Waals surface area (Å²) in [5.41, 5.74) is 1.83. The van der Waals surface area contributed by atoms with Crippen LogP contribution < -0.4 is 19.7 Å². The number of anilines is 1. The first-order valence-electron chi connectivity index (χ1n) is 9.29. The molecule has 1 saturated heterocycles. The van der Waals surface area contributed by atoms with Gasteiger partial charge in [0.15, 0.2) is 0 Å². The van der Waals surface area contributed by atoms with Crippen LogP contribution in [0.5, 0.6) is 11.5 Å². The number of benzene rings is 2. The van der Waals surface area contributed by atoms with Crippen molar-refractivity contribution in [3.05, 3.63) is 53.8 Å². The monoisotopic (exact) mass is 387 g/mol. The number of amides is 2. The number of urea groups is 1. The average Bonchev–Trinajstić information content (AvgIpc) is 2.73. The Morgan fingerprint density at radius 1 is 1.04 bits per heavy atom. The van der Waals surface area contributed by atoms with Crippen LogP contribution in [0.2, 0.25) is 0 Å². The second kappa shape index (κ2) is 8.82. The molecule has 1 aliphatic rings. The molecule has 2 aromatic rings. The summed E-state index contributed by atoms with van der Waals surface area (Å²) in [6.45, 7) is 4.53. The summed E-state index contributed by atoms with van der Waals surface area (Å²) >= 11 is 0. The minimum atomic E-state index is -0.247. The predicted octanol–water partition coefficient (Wildman–Crippen LogP) is 3.44. The van der Waals surface area contributed by atoms with Gasteiger partial charge in [-0.2, -0.15) is 0 Å². The standard InChI is InChI=1S/C21H26FN3O3/c1-15(19-14-18(27-2)8-9-20(19)28-3)23-21(26)25-12-10-24(11-13-25)17-6-4-16(22)5-7-17/h4-9,14-15H,10-13H2,1-3H3,(H,23,26). The van der Waals surface area contributed by atoms with Crippen molar-refractivity contribution in [1.82, 2.24) is 10.2 Å². The number of piperazine rings is 1. The summed E-state index contributed by atoms with van der Waals surface area (Å²) in [5.74, 6) is 1.17. The number of carbonyl (C=O) groups is 1. The molecule has 1 unspecified atom stereocenters. The number of nitrogens with one attached hydrogen (secondary N) is 1. The highest BCUT2D eigenvalue weighted by Crippen LogP contribution is 2.29. The minimum absolute atomic E-state index is 0.115. The fourth-order valence-electron chi connectivity index (χ4n) is 3.35. The topological polar surface area (TPSA) is 54.0 Å². The zero-order chi connectivity index (χ0) is 20.1. The molecule has 1 fully saturated rings. The molecule has 2 aromatic carbocycles. The molecule has 28 heavy (non-hydrogen) atoms. The Morgan fingerprint density at radius 2 is 1.71 bits per heavy atom. The number of nitrogens with zero attached hydrogens (tertiary/aromatic N) is 2. The van der Waals surface area contributed by atoms with Gasteiger partial charge in [0, 0.05) is 37.4 Å². The van der Waals surface area contributed by atoms with E-state index in [4.69, 9.17) is 9.47 Å². The van der Waals surface area contributed by atoms with Crippen LogP contribution in [0.15, 0.2) is 42.5 Å². The van der Waals surface area contributed by atoms with Gasteiger partial charge in [-0.3, -0.25) is 0 Å². The molecule has 1 N–H and O–H groups in total. The van der Waals surface area contributed by atoms with Crippen LogP contribution in [0.25, 0.3) is 0 Å². The molecule has 0 radical (unpaired) electrons. The van der Waals surface area contributed by atoms with E-state index in [9.17, 15) is 9.18 Å². The summed E-state index contributed by atoms with van der Waals surface area (Å²) in [5, 5.41) is 3.04. The Balaban J connectivity index is 1.59. The lowest BCUT2D eigenvalue weighted by molar-refractivity contribution is 0.191. The van der Waals surface area contributed by atoms with E-state index in [1.807, 2.05) is 25.1 Å². The van der Waals surface area contributed by atoms with Crippen LogP contribution in [-0.4, -0.2) is 51.3 Å². The third-order valence-electron chi connectivity index (χ3n) is 5.00. The Hall–Kier alpha value is -2.96. The van der Waals surface area contributed by atoms with Crippen LogP contribution >= 0.6 is 0 Å². The van der Waals surface area contributed by atoms with E-state index in [0.717, 1.165) is 11.3 Å². The smallest absolute Gasteiger partial charge is 0.317 e. The van der Waals surface area contributed by atoms with E-state index in [2.05, 4.69) is 10.2 Å². The van der Waals surface area contributed by atoms with Gasteiger partial charge in [-0.25, -0.2) is 9.18 Å². The zero-order valence-electron chi connectivity index (χ0n) is 16.4. The maximum absolute atomic E-state index is 13.1. The number of halogens is 1. The molecule has 2 amide bonds. The van der Waals surface area contributed by atoms with Gasteiger partial charge in [0.2, 0.25) is 0 Å². The van der Waals surface area contributed by atoms with Crippen molar-refractivity contribution in [2.24, 2.45) is 0 Å². The Labute approximate surface area is 164 Å². The van der Waals surface area contributed by atoms with Gasteiger partial charge < -0.3 is 24.6 Å². The molecule has 0 saturated carbocycles. The number of carbonyl (C=O) groups excluding carboxylic acids is 1. The Kier molecular flexibility index (Phi) is 6.23. The Bertz CT molecular complexity index is 805. The first-order chi connectivity index (χ1) is 13.5. The third kappa shape index (κ3) is 4.47. The van der Waals surface area contributed by atoms with E-state index in [1.165, 1.54) is 12.1 Å². The lowest BCUT2D eigenvalue weighted by Crippen LogP contribution is -2.52. The van der Waals surface area contributed by atoms with Gasteiger partial charge in [-0.15, -0.1) is 0 Å². The molecule has 1 atom stereocenters. The number of hydrogen-bond acceptors (Lipinski definition) is 4. The van der Waals surface area contributed by atoms with E-state index in [1.54, 1.807) is 31.3 Å². The van der Waals surface area contributed by atoms with Crippen molar-refractivity contribution >= 4 is 11.7 Å². The fraction of sp³-hybridized carbons (Fsp3) is 0.381. The summed E-state index contributed by atoms with van der Waals surface area (Å²) in [4.78, 5) is 16.6. The second-order valence-electron chi connectivity index (χ2n) is 6.73. The molecular formula is C21H26FN3O3. The first-order valence-corrected chi connectivity index (χ1v) is 9.29. The zero-order valence-corrected chi connectivity index (χ0v) is 16.4. The van der Waals surface area contributed by atoms with Crippen LogP contribution in [-0.2, 0) is 0 Å². The fourth-order valence-corrected chi connectivity index (χ4v) is 3.35. The predicted molar refractivity (Wildman–Crippen MR) is 107 cm³/mol. The highest BCUT2D eigenvalue weighted by atomic mass is 19.1. The maximum Gasteiger partial charge on any atom is 0.317 e. The Morgan fingerprint density at radius 3 is 2.32 bits per heavy atom. The summed E-state index contributed by atoms with van der Waals surface area (Å²) in [7, 11) is 3.21. The SMILES string of the molecule is COc1ccc(OC)c(C(C)NC(=O)N2CCN(c3ccc(F)cc3)CC2)c1. The second-order valence-corrected chi connectivity index (χ2v) is 6.73. The van der Waals surface area contributed by atoms with Gasteiger partial charge in [-0.1, -0.05) is 0 Å². The molecule has 1 aliphatic heterocycles. The quantitative estimate of drug-likeness (QED) is 0.854. The van der Waals surface area contributed by atoms with Crippen molar-refractivity contribution in [2.75, 3.05) is 45.3 Å². The molecule has 7 heteroatoms. The molecule has 0 bridgehead atoms. The normalized spacial score (nSPS) is 15.1. The first kappa shape index (κ1) is 19.8. The average molecular weight is 387 g/mol. The largest absolute Gasteiger partial charge is 0.497 e. The van der Waals surface area contributed by atoms with E-state index in [0.29, 0.717) is 37.7 Å². The minimum Gasteiger partial charge on any atom is -0.497 e. The van der Waals surface area contributed by atoms with Crippen molar-refractivity contribution in [3.8, 4) is 11.5 Å². The van der Waals surface area contributed by atoms with Crippen molar-refractivity contribution in [3.63, 3.8) is 0 Å². The molecule has 6 nitrogen and oxygen atoms in total. The molecule has 1 heterocycles.